The second-order valence-corrected chi connectivity index (χ2v) is 3.42. The monoisotopic (exact) mass is 211 g/mol. The van der Waals surface area contributed by atoms with Gasteiger partial charge in [0, 0.05) is 0 Å². The van der Waals surface area contributed by atoms with Crippen molar-refractivity contribution in [2.45, 2.75) is 25.8 Å². The van der Waals surface area contributed by atoms with Crippen molar-refractivity contribution in [1.29, 1.82) is 0 Å². The number of carbonyl (C=O) groups excluding carboxylic acids is 1. The van der Waals surface area contributed by atoms with Crippen molar-refractivity contribution >= 4 is 11.9 Å². The fourth-order valence-corrected chi connectivity index (χ4v) is 1.01. The number of amides is 1. The molecule has 15 heavy (non-hydrogen) atoms. The van der Waals surface area contributed by atoms with E-state index in [1.165, 1.54) is 19.3 Å². The number of hydrogen-bond acceptors (Lipinski definition) is 3. The molecule has 1 rings (SSSR count). The van der Waals surface area contributed by atoms with Gasteiger partial charge in [-0.1, -0.05) is 6.92 Å². The number of carboxylic acids is 1. The van der Waals surface area contributed by atoms with Crippen LogP contribution in [-0.4, -0.2) is 22.5 Å². The molecule has 0 aromatic carbocycles. The van der Waals surface area contributed by atoms with Gasteiger partial charge in [-0.15, -0.1) is 0 Å². The predicted octanol–water partition coefficient (Wildman–Crippen LogP) is 1.26. The van der Waals surface area contributed by atoms with Crippen LogP contribution in [0.15, 0.2) is 22.8 Å². The van der Waals surface area contributed by atoms with E-state index >= 15 is 0 Å². The van der Waals surface area contributed by atoms with Crippen LogP contribution in [0.4, 0.5) is 0 Å². The van der Waals surface area contributed by atoms with Crippen LogP contribution in [0.1, 0.15) is 30.8 Å². The molecule has 1 unspecified atom stereocenters. The Hall–Kier alpha value is -1.78. The van der Waals surface area contributed by atoms with Gasteiger partial charge in [0.25, 0.3) is 5.91 Å². The van der Waals surface area contributed by atoms with Gasteiger partial charge >= 0.3 is 5.97 Å². The molecule has 1 aromatic heterocycles. The topological polar surface area (TPSA) is 79.5 Å². The fourth-order valence-electron chi connectivity index (χ4n) is 1.01. The third-order valence-corrected chi connectivity index (χ3v) is 2.31. The van der Waals surface area contributed by atoms with Crippen molar-refractivity contribution < 1.29 is 19.1 Å². The molecule has 1 aromatic rings. The second-order valence-electron chi connectivity index (χ2n) is 3.42. The van der Waals surface area contributed by atoms with Crippen LogP contribution in [-0.2, 0) is 4.79 Å². The Balaban J connectivity index is 2.77. The largest absolute Gasteiger partial charge is 0.480 e. The molecular formula is C10H13NO4. The summed E-state index contributed by atoms with van der Waals surface area (Å²) in [6.07, 6.45) is 1.66. The summed E-state index contributed by atoms with van der Waals surface area (Å²) in [4.78, 5) is 22.4. The van der Waals surface area contributed by atoms with Crippen LogP contribution in [0.3, 0.4) is 0 Å². The molecule has 0 aliphatic carbocycles. The number of carbonyl (C=O) groups is 2. The van der Waals surface area contributed by atoms with Crippen LogP contribution in [0.25, 0.3) is 0 Å². The van der Waals surface area contributed by atoms with Crippen molar-refractivity contribution in [3.63, 3.8) is 0 Å². The van der Waals surface area contributed by atoms with E-state index in [-0.39, 0.29) is 5.76 Å². The average molecular weight is 211 g/mol. The number of rotatable bonds is 4. The summed E-state index contributed by atoms with van der Waals surface area (Å²) in [7, 11) is 0. The first-order valence-electron chi connectivity index (χ1n) is 4.59. The van der Waals surface area contributed by atoms with Crippen LogP contribution in [0.2, 0.25) is 0 Å². The maximum Gasteiger partial charge on any atom is 0.329 e. The molecule has 82 valence electrons. The molecule has 0 aliphatic rings. The Morgan fingerprint density at radius 1 is 1.60 bits per heavy atom. The Bertz CT molecular complexity index is 358. The summed E-state index contributed by atoms with van der Waals surface area (Å²) in [6, 6.07) is 3.05. The standard InChI is InChI=1S/C10H13NO4/c1-3-10(2,9(13)14)11-8(12)7-5-4-6-15-7/h4-6H,3H2,1-2H3,(H,11,12)(H,13,14). The van der Waals surface area contributed by atoms with Crippen molar-refractivity contribution in [3.8, 4) is 0 Å². The van der Waals surface area contributed by atoms with Gasteiger partial charge in [-0.25, -0.2) is 4.79 Å². The Morgan fingerprint density at radius 3 is 2.67 bits per heavy atom. The Kier molecular flexibility index (Phi) is 3.14. The summed E-state index contributed by atoms with van der Waals surface area (Å²) in [5, 5.41) is 11.3. The summed E-state index contributed by atoms with van der Waals surface area (Å²) < 4.78 is 4.86. The van der Waals surface area contributed by atoms with Crippen LogP contribution < -0.4 is 5.32 Å². The number of carboxylic acid groups (broad SMARTS) is 1. The van der Waals surface area contributed by atoms with Gasteiger partial charge in [0.2, 0.25) is 0 Å². The highest BCUT2D eigenvalue weighted by molar-refractivity contribution is 5.95. The van der Waals surface area contributed by atoms with E-state index in [1.807, 2.05) is 0 Å². The van der Waals surface area contributed by atoms with Crippen LogP contribution in [0.5, 0.6) is 0 Å². The lowest BCUT2D eigenvalue weighted by Gasteiger charge is -2.23. The minimum Gasteiger partial charge on any atom is -0.480 e. The number of furan rings is 1. The zero-order valence-electron chi connectivity index (χ0n) is 8.61. The molecule has 2 N–H and O–H groups in total. The second kappa shape index (κ2) is 4.16. The van der Waals surface area contributed by atoms with Crippen molar-refractivity contribution in [1.82, 2.24) is 5.32 Å². The van der Waals surface area contributed by atoms with E-state index in [9.17, 15) is 9.59 Å². The molecule has 0 bridgehead atoms. The van der Waals surface area contributed by atoms with Crippen molar-refractivity contribution in [3.05, 3.63) is 24.2 Å². The maximum absolute atomic E-state index is 11.5. The van der Waals surface area contributed by atoms with E-state index in [0.29, 0.717) is 6.42 Å². The van der Waals surface area contributed by atoms with Crippen molar-refractivity contribution in [2.24, 2.45) is 0 Å². The minimum atomic E-state index is -1.26. The highest BCUT2D eigenvalue weighted by atomic mass is 16.4. The molecule has 5 nitrogen and oxygen atoms in total. The average Bonchev–Trinajstić information content (AvgIpc) is 2.70. The summed E-state index contributed by atoms with van der Waals surface area (Å²) >= 11 is 0. The first-order chi connectivity index (χ1) is 6.99. The first-order valence-corrected chi connectivity index (χ1v) is 4.59. The SMILES string of the molecule is CCC(C)(NC(=O)c1ccco1)C(=O)O. The first kappa shape index (κ1) is 11.3. The fraction of sp³-hybridized carbons (Fsp3) is 0.400. The van der Waals surface area contributed by atoms with Gasteiger partial charge < -0.3 is 14.8 Å². The molecule has 1 amide bonds. The van der Waals surface area contributed by atoms with Gasteiger partial charge in [0.1, 0.15) is 5.54 Å². The van der Waals surface area contributed by atoms with Crippen molar-refractivity contribution in [2.75, 3.05) is 0 Å². The maximum atomic E-state index is 11.5. The van der Waals surface area contributed by atoms with Gasteiger partial charge in [0.05, 0.1) is 6.26 Å². The summed E-state index contributed by atoms with van der Waals surface area (Å²) in [6.45, 7) is 3.15. The van der Waals surface area contributed by atoms with Gasteiger partial charge in [-0.05, 0) is 25.5 Å². The molecule has 0 saturated heterocycles. The molecule has 0 spiro atoms. The molecular weight excluding hydrogens is 198 g/mol. The Morgan fingerprint density at radius 2 is 2.27 bits per heavy atom. The zero-order chi connectivity index (χ0) is 11.5. The summed E-state index contributed by atoms with van der Waals surface area (Å²) in [5.74, 6) is -1.48. The van der Waals surface area contributed by atoms with E-state index in [0.717, 1.165) is 0 Å². The number of nitrogens with one attached hydrogen (secondary N) is 1. The lowest BCUT2D eigenvalue weighted by atomic mass is 9.99. The van der Waals surface area contributed by atoms with E-state index in [4.69, 9.17) is 9.52 Å². The van der Waals surface area contributed by atoms with Crippen LogP contribution in [0, 0.1) is 0 Å². The third-order valence-electron chi connectivity index (χ3n) is 2.31. The molecule has 0 radical (unpaired) electrons. The van der Waals surface area contributed by atoms with Gasteiger partial charge in [0.15, 0.2) is 5.76 Å². The quantitative estimate of drug-likeness (QED) is 0.785. The molecule has 5 heteroatoms. The van der Waals surface area contributed by atoms with Gasteiger partial charge in [-0.3, -0.25) is 4.79 Å². The molecule has 1 heterocycles. The highest BCUT2D eigenvalue weighted by Crippen LogP contribution is 2.11. The summed E-state index contributed by atoms with van der Waals surface area (Å²) in [5.41, 5.74) is -1.26. The van der Waals surface area contributed by atoms with Crippen LogP contribution >= 0.6 is 0 Å². The molecule has 0 aliphatic heterocycles. The van der Waals surface area contributed by atoms with E-state index in [1.54, 1.807) is 13.0 Å². The van der Waals surface area contributed by atoms with E-state index in [2.05, 4.69) is 5.32 Å². The highest BCUT2D eigenvalue weighted by Gasteiger charge is 2.33. The lowest BCUT2D eigenvalue weighted by molar-refractivity contribution is -0.143. The Labute approximate surface area is 87.1 Å². The lowest BCUT2D eigenvalue weighted by Crippen LogP contribution is -2.51. The third kappa shape index (κ3) is 2.37. The minimum absolute atomic E-state index is 0.107. The van der Waals surface area contributed by atoms with Gasteiger partial charge in [-0.2, -0.15) is 0 Å². The van der Waals surface area contributed by atoms with E-state index < -0.39 is 17.4 Å². The number of hydrogen-bond donors (Lipinski definition) is 2. The zero-order valence-corrected chi connectivity index (χ0v) is 8.61. The predicted molar refractivity (Wildman–Crippen MR) is 52.5 cm³/mol. The molecule has 0 fully saturated rings. The number of aliphatic carboxylic acids is 1. The molecule has 1 atom stereocenters. The molecule has 0 saturated carbocycles. The normalized spacial score (nSPS) is 14.3. The smallest absolute Gasteiger partial charge is 0.329 e.